The van der Waals surface area contributed by atoms with Crippen molar-refractivity contribution in [2.75, 3.05) is 30.8 Å². The average molecular weight is 414 g/mol. The Morgan fingerprint density at radius 2 is 2.27 bits per heavy atom. The highest BCUT2D eigenvalue weighted by Gasteiger charge is 2.28. The maximum absolute atomic E-state index is 13.3. The first-order chi connectivity index (χ1) is 14.5. The number of carbonyl (C=O) groups excluding carboxylic acids is 1. The van der Waals surface area contributed by atoms with Crippen LogP contribution in [0.1, 0.15) is 24.8 Å². The second-order valence-corrected chi connectivity index (χ2v) is 6.83. The van der Waals surface area contributed by atoms with Gasteiger partial charge in [0.2, 0.25) is 11.9 Å². The Hall–Kier alpha value is -3.25. The second kappa shape index (κ2) is 10.5. The number of halogens is 2. The highest BCUT2D eigenvalue weighted by Crippen LogP contribution is 2.17. The summed E-state index contributed by atoms with van der Waals surface area (Å²) in [4.78, 5) is 20.5. The molecule has 1 amide bonds. The van der Waals surface area contributed by atoms with Crippen LogP contribution >= 0.6 is 0 Å². The molecule has 1 saturated heterocycles. The minimum absolute atomic E-state index is 0.171. The van der Waals surface area contributed by atoms with Crippen molar-refractivity contribution in [3.63, 3.8) is 0 Å². The molecule has 0 saturated carbocycles. The summed E-state index contributed by atoms with van der Waals surface area (Å²) < 4.78 is 26.4. The Morgan fingerprint density at radius 1 is 1.40 bits per heavy atom. The summed E-state index contributed by atoms with van der Waals surface area (Å²) in [5, 5.41) is 11.6. The maximum atomic E-state index is 13.3. The zero-order valence-electron chi connectivity index (χ0n) is 16.6. The Bertz CT molecular complexity index is 943. The van der Waals surface area contributed by atoms with Gasteiger partial charge in [-0.15, -0.1) is 0 Å². The SMILES string of the molecule is CNc1nc(Nc2cccc(F)c2)ncc1C#CCCCNC(=O)[C@@H]1C[C@H](F)CN1. The normalized spacial score (nSPS) is 17.7. The number of rotatable bonds is 7. The van der Waals surface area contributed by atoms with Crippen molar-refractivity contribution in [1.82, 2.24) is 20.6 Å². The van der Waals surface area contributed by atoms with Crippen LogP contribution in [0.15, 0.2) is 30.5 Å². The van der Waals surface area contributed by atoms with E-state index in [2.05, 4.69) is 43.1 Å². The van der Waals surface area contributed by atoms with Gasteiger partial charge in [0.05, 0.1) is 17.8 Å². The predicted octanol–water partition coefficient (Wildman–Crippen LogP) is 2.35. The number of anilines is 3. The summed E-state index contributed by atoms with van der Waals surface area (Å²) >= 11 is 0. The minimum atomic E-state index is -0.953. The number of amides is 1. The van der Waals surface area contributed by atoms with E-state index in [9.17, 15) is 13.6 Å². The van der Waals surface area contributed by atoms with E-state index in [1.165, 1.54) is 12.1 Å². The fourth-order valence-electron chi connectivity index (χ4n) is 2.98. The number of unbranched alkanes of at least 4 members (excludes halogenated alkanes) is 1. The number of carbonyl (C=O) groups is 1. The Balaban J connectivity index is 1.48. The van der Waals surface area contributed by atoms with Gasteiger partial charge in [-0.2, -0.15) is 4.98 Å². The van der Waals surface area contributed by atoms with Gasteiger partial charge in [0.15, 0.2) is 0 Å². The Kier molecular flexibility index (Phi) is 7.51. The van der Waals surface area contributed by atoms with Gasteiger partial charge in [-0.25, -0.2) is 13.8 Å². The lowest BCUT2D eigenvalue weighted by Gasteiger charge is -2.09. The van der Waals surface area contributed by atoms with E-state index in [-0.39, 0.29) is 24.7 Å². The molecule has 0 spiro atoms. The van der Waals surface area contributed by atoms with E-state index >= 15 is 0 Å². The molecule has 1 aliphatic rings. The van der Waals surface area contributed by atoms with Gasteiger partial charge >= 0.3 is 0 Å². The van der Waals surface area contributed by atoms with Gasteiger partial charge in [-0.1, -0.05) is 17.9 Å². The quantitative estimate of drug-likeness (QED) is 0.411. The number of alkyl halides is 1. The monoisotopic (exact) mass is 414 g/mol. The van der Waals surface area contributed by atoms with Crippen molar-refractivity contribution in [1.29, 1.82) is 0 Å². The van der Waals surface area contributed by atoms with Crippen LogP contribution in [0.25, 0.3) is 0 Å². The number of nitrogens with zero attached hydrogens (tertiary/aromatic N) is 2. The lowest BCUT2D eigenvalue weighted by atomic mass is 10.2. The number of aromatic nitrogens is 2. The summed E-state index contributed by atoms with van der Waals surface area (Å²) in [5.41, 5.74) is 1.18. The third kappa shape index (κ3) is 6.12. The first kappa shape index (κ1) is 21.5. The van der Waals surface area contributed by atoms with Gasteiger partial charge in [0.1, 0.15) is 17.8 Å². The summed E-state index contributed by atoms with van der Waals surface area (Å²) in [6, 6.07) is 5.59. The Morgan fingerprint density at radius 3 is 3.00 bits per heavy atom. The molecule has 2 atom stereocenters. The minimum Gasteiger partial charge on any atom is -0.372 e. The molecule has 0 aliphatic carbocycles. The van der Waals surface area contributed by atoms with Crippen LogP contribution in [0.5, 0.6) is 0 Å². The number of nitrogens with one attached hydrogen (secondary N) is 4. The molecule has 30 heavy (non-hydrogen) atoms. The third-order valence-electron chi connectivity index (χ3n) is 4.50. The molecule has 1 aromatic heterocycles. The second-order valence-electron chi connectivity index (χ2n) is 6.83. The maximum Gasteiger partial charge on any atom is 0.237 e. The zero-order valence-corrected chi connectivity index (χ0v) is 16.6. The van der Waals surface area contributed by atoms with E-state index in [1.54, 1.807) is 25.4 Å². The molecule has 9 heteroatoms. The first-order valence-electron chi connectivity index (χ1n) is 9.76. The number of hydrogen-bond acceptors (Lipinski definition) is 6. The standard InChI is InChI=1S/C21H24F2N6O/c1-24-19-14(12-27-21(29-19)28-17-8-5-7-15(22)10-17)6-3-2-4-9-25-20(30)18-11-16(23)13-26-18/h5,7-8,10,12,16,18,26H,2,4,9,11,13H2,1H3,(H,25,30)(H2,24,27,28,29)/t16-,18-/m0/s1. The molecule has 1 aromatic carbocycles. The fraction of sp³-hybridized carbons (Fsp3) is 0.381. The van der Waals surface area contributed by atoms with Gasteiger partial charge in [0, 0.05) is 38.7 Å². The van der Waals surface area contributed by atoms with Gasteiger partial charge in [-0.3, -0.25) is 4.79 Å². The smallest absolute Gasteiger partial charge is 0.237 e. The largest absolute Gasteiger partial charge is 0.372 e. The number of benzene rings is 1. The summed E-state index contributed by atoms with van der Waals surface area (Å²) in [6.07, 6.45) is 2.12. The molecule has 7 nitrogen and oxygen atoms in total. The molecule has 1 aliphatic heterocycles. The summed E-state index contributed by atoms with van der Waals surface area (Å²) in [6.45, 7) is 0.713. The molecule has 3 rings (SSSR count). The average Bonchev–Trinajstić information content (AvgIpc) is 3.17. The van der Waals surface area contributed by atoms with Crippen LogP contribution in [0.2, 0.25) is 0 Å². The third-order valence-corrected chi connectivity index (χ3v) is 4.50. The lowest BCUT2D eigenvalue weighted by Crippen LogP contribution is -2.40. The number of hydrogen-bond donors (Lipinski definition) is 4. The topological polar surface area (TPSA) is 91.0 Å². The molecule has 0 radical (unpaired) electrons. The summed E-state index contributed by atoms with van der Waals surface area (Å²) in [7, 11) is 1.73. The van der Waals surface area contributed by atoms with Gasteiger partial charge < -0.3 is 21.3 Å². The molecule has 2 heterocycles. The van der Waals surface area contributed by atoms with Crippen LogP contribution in [-0.4, -0.2) is 48.2 Å². The molecule has 4 N–H and O–H groups in total. The molecule has 0 bridgehead atoms. The highest BCUT2D eigenvalue weighted by atomic mass is 19.1. The molecular formula is C21H24F2N6O. The van der Waals surface area contributed by atoms with Crippen molar-refractivity contribution in [3.8, 4) is 11.8 Å². The summed E-state index contributed by atoms with van der Waals surface area (Å²) in [5.74, 6) is 6.41. The zero-order chi connectivity index (χ0) is 21.3. The van der Waals surface area contributed by atoms with Crippen LogP contribution in [-0.2, 0) is 4.79 Å². The van der Waals surface area contributed by atoms with E-state index < -0.39 is 12.2 Å². The Labute approximate surface area is 174 Å². The van der Waals surface area contributed by atoms with Crippen molar-refractivity contribution in [2.24, 2.45) is 0 Å². The van der Waals surface area contributed by atoms with E-state index in [0.717, 1.165) is 0 Å². The van der Waals surface area contributed by atoms with Crippen molar-refractivity contribution < 1.29 is 13.6 Å². The van der Waals surface area contributed by atoms with Crippen molar-refractivity contribution >= 4 is 23.4 Å². The van der Waals surface area contributed by atoms with E-state index in [4.69, 9.17) is 0 Å². The predicted molar refractivity (Wildman–Crippen MR) is 112 cm³/mol. The molecule has 158 valence electrons. The van der Waals surface area contributed by atoms with Crippen LogP contribution in [0, 0.1) is 17.7 Å². The van der Waals surface area contributed by atoms with Crippen LogP contribution in [0.3, 0.4) is 0 Å². The molecule has 0 unspecified atom stereocenters. The van der Waals surface area contributed by atoms with Crippen LogP contribution < -0.4 is 21.3 Å². The molecule has 2 aromatic rings. The van der Waals surface area contributed by atoms with Gasteiger partial charge in [-0.05, 0) is 24.6 Å². The van der Waals surface area contributed by atoms with Crippen LogP contribution in [0.4, 0.5) is 26.2 Å². The van der Waals surface area contributed by atoms with E-state index in [0.29, 0.717) is 42.4 Å². The fourth-order valence-corrected chi connectivity index (χ4v) is 2.98. The van der Waals surface area contributed by atoms with Crippen molar-refractivity contribution in [3.05, 3.63) is 41.8 Å². The first-order valence-corrected chi connectivity index (χ1v) is 9.76. The molecular weight excluding hydrogens is 390 g/mol. The van der Waals surface area contributed by atoms with Crippen molar-refractivity contribution in [2.45, 2.75) is 31.5 Å². The van der Waals surface area contributed by atoms with E-state index in [1.807, 2.05) is 0 Å². The lowest BCUT2D eigenvalue weighted by molar-refractivity contribution is -0.122. The van der Waals surface area contributed by atoms with Gasteiger partial charge in [0.25, 0.3) is 0 Å². The highest BCUT2D eigenvalue weighted by molar-refractivity contribution is 5.82. The molecule has 1 fully saturated rings.